The zero-order chi connectivity index (χ0) is 20.9. The molecule has 0 saturated carbocycles. The third kappa shape index (κ3) is 8.36. The van der Waals surface area contributed by atoms with E-state index in [-0.39, 0.29) is 5.91 Å². The Labute approximate surface area is 174 Å². The molecule has 5 nitrogen and oxygen atoms in total. The van der Waals surface area contributed by atoms with Crippen LogP contribution in [0.5, 0.6) is 0 Å². The van der Waals surface area contributed by atoms with Gasteiger partial charge in [0.2, 0.25) is 5.91 Å². The van der Waals surface area contributed by atoms with E-state index in [1.807, 2.05) is 50.2 Å². The van der Waals surface area contributed by atoms with Crippen molar-refractivity contribution >= 4 is 5.91 Å². The summed E-state index contributed by atoms with van der Waals surface area (Å²) in [6.07, 6.45) is 1.72. The molecule has 2 aromatic carbocycles. The molecule has 1 atom stereocenters. The van der Waals surface area contributed by atoms with Gasteiger partial charge in [-0.05, 0) is 44.2 Å². The molecule has 2 rings (SSSR count). The van der Waals surface area contributed by atoms with Crippen molar-refractivity contribution < 1.29 is 14.3 Å². The molecule has 29 heavy (non-hydrogen) atoms. The summed E-state index contributed by atoms with van der Waals surface area (Å²) in [6.45, 7) is 5.88. The summed E-state index contributed by atoms with van der Waals surface area (Å²) in [6, 6.07) is 19.7. The van der Waals surface area contributed by atoms with Crippen LogP contribution in [0.2, 0.25) is 0 Å². The summed E-state index contributed by atoms with van der Waals surface area (Å²) in [5.41, 5.74) is 8.66. The van der Waals surface area contributed by atoms with Crippen LogP contribution in [0.1, 0.15) is 31.4 Å². The first kappa shape index (κ1) is 23.1. The van der Waals surface area contributed by atoms with Crippen molar-refractivity contribution in [2.75, 3.05) is 26.3 Å². The molecule has 158 valence electrons. The van der Waals surface area contributed by atoms with Gasteiger partial charge < -0.3 is 20.1 Å². The van der Waals surface area contributed by atoms with Crippen LogP contribution in [0.3, 0.4) is 0 Å². The first-order valence-corrected chi connectivity index (χ1v) is 10.5. The average molecular weight is 399 g/mol. The summed E-state index contributed by atoms with van der Waals surface area (Å²) >= 11 is 0. The van der Waals surface area contributed by atoms with Crippen molar-refractivity contribution in [3.8, 4) is 0 Å². The Kier molecular flexibility index (Phi) is 10.4. The van der Waals surface area contributed by atoms with E-state index in [1.54, 1.807) is 4.90 Å². The highest BCUT2D eigenvalue weighted by Crippen LogP contribution is 2.10. The maximum Gasteiger partial charge on any atom is 0.239 e. The highest BCUT2D eigenvalue weighted by molar-refractivity contribution is 5.81. The van der Waals surface area contributed by atoms with Crippen LogP contribution in [0.4, 0.5) is 0 Å². The molecular formula is C24H34N2O3. The summed E-state index contributed by atoms with van der Waals surface area (Å²) in [7, 11) is 0. The summed E-state index contributed by atoms with van der Waals surface area (Å²) in [5.74, 6) is -0.0544. The zero-order valence-corrected chi connectivity index (χ0v) is 17.6. The van der Waals surface area contributed by atoms with Gasteiger partial charge in [-0.1, -0.05) is 60.7 Å². The summed E-state index contributed by atoms with van der Waals surface area (Å²) < 4.78 is 11.3. The SMILES string of the molecule is CCOC(CN(CCc1ccccc1)C(=O)[C@@H](N)CCc1ccccc1)OCC. The van der Waals surface area contributed by atoms with E-state index in [0.29, 0.717) is 32.7 Å². The van der Waals surface area contributed by atoms with Gasteiger partial charge in [0.15, 0.2) is 6.29 Å². The lowest BCUT2D eigenvalue weighted by atomic mass is 10.0. The van der Waals surface area contributed by atoms with Crippen LogP contribution < -0.4 is 5.73 Å². The van der Waals surface area contributed by atoms with Gasteiger partial charge in [0.05, 0.1) is 12.6 Å². The highest BCUT2D eigenvalue weighted by Gasteiger charge is 2.24. The quantitative estimate of drug-likeness (QED) is 0.525. The third-order valence-corrected chi connectivity index (χ3v) is 4.80. The van der Waals surface area contributed by atoms with E-state index < -0.39 is 12.3 Å². The molecule has 0 spiro atoms. The predicted molar refractivity (Wildman–Crippen MR) is 117 cm³/mol. The second-order valence-corrected chi connectivity index (χ2v) is 6.99. The lowest BCUT2D eigenvalue weighted by Crippen LogP contribution is -2.48. The van der Waals surface area contributed by atoms with E-state index in [4.69, 9.17) is 15.2 Å². The molecule has 0 unspecified atom stereocenters. The largest absolute Gasteiger partial charge is 0.351 e. The molecule has 0 heterocycles. The maximum atomic E-state index is 13.1. The number of hydrogen-bond acceptors (Lipinski definition) is 4. The lowest BCUT2D eigenvalue weighted by molar-refractivity contribution is -0.159. The predicted octanol–water partition coefficient (Wildman–Crippen LogP) is 3.42. The molecule has 2 aromatic rings. The summed E-state index contributed by atoms with van der Waals surface area (Å²) in [4.78, 5) is 14.9. The average Bonchev–Trinajstić information content (AvgIpc) is 2.76. The minimum atomic E-state index is -0.546. The van der Waals surface area contributed by atoms with Gasteiger partial charge in [-0.3, -0.25) is 4.79 Å². The molecule has 0 fully saturated rings. The number of ether oxygens (including phenoxy) is 2. The van der Waals surface area contributed by atoms with Gasteiger partial charge in [0.25, 0.3) is 0 Å². The van der Waals surface area contributed by atoms with Crippen LogP contribution in [0, 0.1) is 0 Å². The van der Waals surface area contributed by atoms with Crippen LogP contribution in [-0.2, 0) is 27.1 Å². The van der Waals surface area contributed by atoms with Gasteiger partial charge in [-0.15, -0.1) is 0 Å². The van der Waals surface area contributed by atoms with Crippen molar-refractivity contribution in [1.82, 2.24) is 4.90 Å². The van der Waals surface area contributed by atoms with Crippen molar-refractivity contribution in [2.24, 2.45) is 5.73 Å². The standard InChI is InChI=1S/C24H34N2O3/c1-3-28-23(29-4-2)19-26(18-17-21-13-9-6-10-14-21)24(27)22(25)16-15-20-11-7-5-8-12-20/h5-14,22-23H,3-4,15-19,25H2,1-2H3/t22-/m0/s1. The van der Waals surface area contributed by atoms with Crippen molar-refractivity contribution in [2.45, 2.75) is 45.4 Å². The molecule has 0 aliphatic rings. The zero-order valence-electron chi connectivity index (χ0n) is 17.6. The number of nitrogens with zero attached hydrogens (tertiary/aromatic N) is 1. The van der Waals surface area contributed by atoms with Crippen molar-refractivity contribution in [3.63, 3.8) is 0 Å². The fourth-order valence-corrected chi connectivity index (χ4v) is 3.23. The first-order valence-electron chi connectivity index (χ1n) is 10.5. The van der Waals surface area contributed by atoms with Gasteiger partial charge in [0.1, 0.15) is 0 Å². The number of hydrogen-bond donors (Lipinski definition) is 1. The number of rotatable bonds is 13. The van der Waals surface area contributed by atoms with Crippen LogP contribution in [0.15, 0.2) is 60.7 Å². The lowest BCUT2D eigenvalue weighted by Gasteiger charge is -2.29. The molecule has 0 aromatic heterocycles. The van der Waals surface area contributed by atoms with Gasteiger partial charge in [-0.25, -0.2) is 0 Å². The van der Waals surface area contributed by atoms with E-state index in [2.05, 4.69) is 24.3 Å². The normalized spacial score (nSPS) is 12.1. The molecule has 2 N–H and O–H groups in total. The van der Waals surface area contributed by atoms with Gasteiger partial charge >= 0.3 is 0 Å². The molecule has 0 bridgehead atoms. The summed E-state index contributed by atoms with van der Waals surface area (Å²) in [5, 5.41) is 0. The van der Waals surface area contributed by atoms with Crippen LogP contribution in [-0.4, -0.2) is 49.4 Å². The minimum absolute atomic E-state index is 0.0544. The Hall–Kier alpha value is -2.21. The molecule has 0 radical (unpaired) electrons. The van der Waals surface area contributed by atoms with Crippen LogP contribution >= 0.6 is 0 Å². The van der Waals surface area contributed by atoms with Crippen molar-refractivity contribution in [3.05, 3.63) is 71.8 Å². The molecule has 0 aliphatic carbocycles. The second-order valence-electron chi connectivity index (χ2n) is 6.99. The number of nitrogens with two attached hydrogens (primary N) is 1. The molecular weight excluding hydrogens is 364 g/mol. The second kappa shape index (κ2) is 13.1. The maximum absolute atomic E-state index is 13.1. The number of carbonyl (C=O) groups excluding carboxylic acids is 1. The monoisotopic (exact) mass is 398 g/mol. The molecule has 1 amide bonds. The first-order chi connectivity index (χ1) is 14.1. The van der Waals surface area contributed by atoms with Crippen molar-refractivity contribution in [1.29, 1.82) is 0 Å². The van der Waals surface area contributed by atoms with E-state index >= 15 is 0 Å². The Morgan fingerprint density at radius 2 is 1.41 bits per heavy atom. The Balaban J connectivity index is 2.01. The van der Waals surface area contributed by atoms with E-state index in [1.165, 1.54) is 11.1 Å². The Bertz CT molecular complexity index is 688. The van der Waals surface area contributed by atoms with E-state index in [0.717, 1.165) is 12.8 Å². The van der Waals surface area contributed by atoms with Gasteiger partial charge in [0, 0.05) is 19.8 Å². The smallest absolute Gasteiger partial charge is 0.239 e. The van der Waals surface area contributed by atoms with Gasteiger partial charge in [-0.2, -0.15) is 0 Å². The van der Waals surface area contributed by atoms with E-state index in [9.17, 15) is 4.79 Å². The number of benzene rings is 2. The number of amides is 1. The molecule has 5 heteroatoms. The molecule has 0 saturated heterocycles. The fourth-order valence-electron chi connectivity index (χ4n) is 3.23. The third-order valence-electron chi connectivity index (χ3n) is 4.80. The number of carbonyl (C=O) groups is 1. The van der Waals surface area contributed by atoms with Crippen LogP contribution in [0.25, 0.3) is 0 Å². The fraction of sp³-hybridized carbons (Fsp3) is 0.458. The Morgan fingerprint density at radius 3 is 1.93 bits per heavy atom. The molecule has 0 aliphatic heterocycles. The Morgan fingerprint density at radius 1 is 0.897 bits per heavy atom. The highest BCUT2D eigenvalue weighted by atomic mass is 16.7. The topological polar surface area (TPSA) is 64.8 Å². The minimum Gasteiger partial charge on any atom is -0.351 e. The number of aryl methyl sites for hydroxylation is 1.